The third kappa shape index (κ3) is 2.59. The number of hydrogen-bond donors (Lipinski definition) is 1. The van der Waals surface area contributed by atoms with Crippen LogP contribution < -0.4 is 5.32 Å². The second-order valence-corrected chi connectivity index (χ2v) is 3.23. The van der Waals surface area contributed by atoms with Gasteiger partial charge in [0.2, 0.25) is 0 Å². The van der Waals surface area contributed by atoms with Crippen LogP contribution in [0.2, 0.25) is 0 Å². The zero-order valence-corrected chi connectivity index (χ0v) is 8.64. The van der Waals surface area contributed by atoms with Crippen molar-refractivity contribution < 1.29 is 4.52 Å². The van der Waals surface area contributed by atoms with Crippen molar-refractivity contribution in [2.45, 2.75) is 20.0 Å². The molecule has 0 fully saturated rings. The largest absolute Gasteiger partial charge is 0.361 e. The fourth-order valence-corrected chi connectivity index (χ4v) is 1.20. The highest BCUT2D eigenvalue weighted by Crippen LogP contribution is 2.00. The summed E-state index contributed by atoms with van der Waals surface area (Å²) in [4.78, 5) is 1.43. The van der Waals surface area contributed by atoms with Crippen molar-refractivity contribution in [1.29, 1.82) is 0 Å². The van der Waals surface area contributed by atoms with Gasteiger partial charge in [-0.1, -0.05) is 5.16 Å². The molecule has 15 heavy (non-hydrogen) atoms. The molecule has 2 heterocycles. The predicted octanol–water partition coefficient (Wildman–Crippen LogP) is -0.204. The van der Waals surface area contributed by atoms with Crippen LogP contribution in [-0.2, 0) is 20.1 Å². The van der Waals surface area contributed by atoms with E-state index >= 15 is 0 Å². The molecule has 0 bridgehead atoms. The molecule has 2 aromatic heterocycles. The number of aromatic nitrogens is 5. The number of rotatable bonds is 4. The molecule has 1 N–H and O–H groups in total. The monoisotopic (exact) mass is 208 g/mol. The van der Waals surface area contributed by atoms with Gasteiger partial charge >= 0.3 is 0 Å². The molecular weight excluding hydrogens is 196 g/mol. The van der Waals surface area contributed by atoms with Gasteiger partial charge in [-0.25, -0.2) is 0 Å². The zero-order chi connectivity index (χ0) is 10.7. The summed E-state index contributed by atoms with van der Waals surface area (Å²) >= 11 is 0. The predicted molar refractivity (Wildman–Crippen MR) is 50.6 cm³/mol. The summed E-state index contributed by atoms with van der Waals surface area (Å²) < 4.78 is 4.93. The minimum atomic E-state index is 0.569. The first-order valence-electron chi connectivity index (χ1n) is 4.60. The molecule has 7 nitrogen and oxygen atoms in total. The summed E-state index contributed by atoms with van der Waals surface area (Å²) in [6, 6.07) is 1.89. The second-order valence-electron chi connectivity index (χ2n) is 3.23. The van der Waals surface area contributed by atoms with Gasteiger partial charge in [0.15, 0.2) is 5.82 Å². The van der Waals surface area contributed by atoms with E-state index in [9.17, 15) is 0 Å². The lowest BCUT2D eigenvalue weighted by molar-refractivity contribution is 0.388. The normalized spacial score (nSPS) is 10.8. The lowest BCUT2D eigenvalue weighted by atomic mass is 10.4. The Morgan fingerprint density at radius 1 is 1.47 bits per heavy atom. The molecule has 7 heteroatoms. The van der Waals surface area contributed by atoms with Crippen LogP contribution in [0.15, 0.2) is 10.6 Å². The van der Waals surface area contributed by atoms with Gasteiger partial charge in [-0.15, -0.1) is 10.2 Å². The van der Waals surface area contributed by atoms with Crippen LogP contribution in [0.1, 0.15) is 17.3 Å². The van der Waals surface area contributed by atoms with Crippen LogP contribution in [0, 0.1) is 6.92 Å². The van der Waals surface area contributed by atoms with Gasteiger partial charge in [0.05, 0.1) is 19.3 Å². The van der Waals surface area contributed by atoms with Crippen molar-refractivity contribution in [2.75, 3.05) is 0 Å². The Kier molecular flexibility index (Phi) is 2.72. The number of nitrogens with one attached hydrogen (secondary N) is 1. The molecule has 0 amide bonds. The smallest absolute Gasteiger partial charge is 0.188 e. The van der Waals surface area contributed by atoms with Gasteiger partial charge in [0.25, 0.3) is 0 Å². The van der Waals surface area contributed by atoms with E-state index in [1.807, 2.05) is 13.0 Å². The molecule has 0 saturated carbocycles. The summed E-state index contributed by atoms with van der Waals surface area (Å²) in [5, 5.41) is 18.6. The maximum atomic E-state index is 4.93. The van der Waals surface area contributed by atoms with Gasteiger partial charge in [0.1, 0.15) is 5.76 Å². The topological polar surface area (TPSA) is 81.7 Å². The molecule has 0 aliphatic carbocycles. The molecule has 2 rings (SSSR count). The number of nitrogens with zero attached hydrogens (tertiary/aromatic N) is 5. The van der Waals surface area contributed by atoms with Crippen molar-refractivity contribution >= 4 is 0 Å². The molecule has 0 radical (unpaired) electrons. The van der Waals surface area contributed by atoms with Crippen molar-refractivity contribution in [1.82, 2.24) is 30.7 Å². The van der Waals surface area contributed by atoms with E-state index < -0.39 is 0 Å². The molecular formula is C8H12N6O. The Hall–Kier alpha value is -1.76. The molecule has 0 spiro atoms. The Balaban J connectivity index is 1.80. The summed E-state index contributed by atoms with van der Waals surface area (Å²) in [5.74, 6) is 1.47. The van der Waals surface area contributed by atoms with Crippen LogP contribution in [-0.4, -0.2) is 25.4 Å². The highest BCUT2D eigenvalue weighted by Gasteiger charge is 2.02. The molecule has 0 aliphatic heterocycles. The van der Waals surface area contributed by atoms with E-state index in [0.717, 1.165) is 11.5 Å². The number of tetrazole rings is 1. The molecule has 0 atom stereocenters. The van der Waals surface area contributed by atoms with E-state index in [2.05, 4.69) is 25.9 Å². The number of aryl methyl sites for hydroxylation is 2. The Labute approximate surface area is 86.4 Å². The van der Waals surface area contributed by atoms with Gasteiger partial charge in [0, 0.05) is 12.6 Å². The van der Waals surface area contributed by atoms with Gasteiger partial charge in [-0.2, -0.15) is 4.80 Å². The lowest BCUT2D eigenvalue weighted by Crippen LogP contribution is -2.14. The van der Waals surface area contributed by atoms with Crippen LogP contribution in [0.5, 0.6) is 0 Å². The average molecular weight is 208 g/mol. The van der Waals surface area contributed by atoms with E-state index in [1.54, 1.807) is 7.05 Å². The van der Waals surface area contributed by atoms with E-state index in [0.29, 0.717) is 18.9 Å². The zero-order valence-electron chi connectivity index (χ0n) is 8.64. The molecule has 0 aliphatic rings. The molecule has 0 saturated heterocycles. The van der Waals surface area contributed by atoms with Crippen LogP contribution in [0.4, 0.5) is 0 Å². The SMILES string of the molecule is Cc1cc(CNCc2nnn(C)n2)no1. The maximum absolute atomic E-state index is 4.93. The average Bonchev–Trinajstić information content (AvgIpc) is 2.76. The number of hydrogen-bond acceptors (Lipinski definition) is 6. The third-order valence-corrected chi connectivity index (χ3v) is 1.82. The Morgan fingerprint density at radius 2 is 2.33 bits per heavy atom. The maximum Gasteiger partial charge on any atom is 0.188 e. The Bertz CT molecular complexity index is 394. The standard InChI is InChI=1S/C8H12N6O/c1-6-3-7(12-15-6)4-9-5-8-10-13-14(2)11-8/h3,9H,4-5H2,1-2H3. The van der Waals surface area contributed by atoms with E-state index in [4.69, 9.17) is 4.52 Å². The Morgan fingerprint density at radius 3 is 2.93 bits per heavy atom. The minimum absolute atomic E-state index is 0.569. The lowest BCUT2D eigenvalue weighted by Gasteiger charge is -1.96. The first-order chi connectivity index (χ1) is 7.24. The quantitative estimate of drug-likeness (QED) is 0.749. The first-order valence-corrected chi connectivity index (χ1v) is 4.60. The summed E-state index contributed by atoms with van der Waals surface area (Å²) in [6.07, 6.45) is 0. The molecule has 2 aromatic rings. The van der Waals surface area contributed by atoms with Crippen molar-refractivity contribution in [3.63, 3.8) is 0 Å². The highest BCUT2D eigenvalue weighted by molar-refractivity contribution is 5.02. The molecule has 80 valence electrons. The van der Waals surface area contributed by atoms with Crippen LogP contribution in [0.3, 0.4) is 0 Å². The molecule has 0 unspecified atom stereocenters. The first kappa shape index (κ1) is 9.78. The van der Waals surface area contributed by atoms with E-state index in [1.165, 1.54) is 4.80 Å². The van der Waals surface area contributed by atoms with Crippen LogP contribution >= 0.6 is 0 Å². The van der Waals surface area contributed by atoms with Gasteiger partial charge in [-0.3, -0.25) is 0 Å². The second kappa shape index (κ2) is 4.18. The van der Waals surface area contributed by atoms with E-state index in [-0.39, 0.29) is 0 Å². The highest BCUT2D eigenvalue weighted by atomic mass is 16.5. The fraction of sp³-hybridized carbons (Fsp3) is 0.500. The summed E-state index contributed by atoms with van der Waals surface area (Å²) in [7, 11) is 1.73. The molecule has 0 aromatic carbocycles. The van der Waals surface area contributed by atoms with Crippen molar-refractivity contribution in [3.8, 4) is 0 Å². The van der Waals surface area contributed by atoms with Crippen molar-refractivity contribution in [2.24, 2.45) is 7.05 Å². The third-order valence-electron chi connectivity index (χ3n) is 1.82. The fourth-order valence-electron chi connectivity index (χ4n) is 1.20. The minimum Gasteiger partial charge on any atom is -0.361 e. The summed E-state index contributed by atoms with van der Waals surface area (Å²) in [5.41, 5.74) is 0.872. The van der Waals surface area contributed by atoms with Crippen LogP contribution in [0.25, 0.3) is 0 Å². The van der Waals surface area contributed by atoms with Gasteiger partial charge < -0.3 is 9.84 Å². The summed E-state index contributed by atoms with van der Waals surface area (Å²) in [6.45, 7) is 3.07. The van der Waals surface area contributed by atoms with Gasteiger partial charge in [-0.05, 0) is 12.1 Å². The van der Waals surface area contributed by atoms with Crippen molar-refractivity contribution in [3.05, 3.63) is 23.3 Å².